The molecule has 1 aromatic rings. The molecule has 0 amide bonds. The van der Waals surface area contributed by atoms with E-state index < -0.39 is 0 Å². The Morgan fingerprint density at radius 1 is 1.33 bits per heavy atom. The van der Waals surface area contributed by atoms with Crippen molar-refractivity contribution in [2.75, 3.05) is 20.8 Å². The van der Waals surface area contributed by atoms with Crippen LogP contribution in [0.4, 0.5) is 0 Å². The van der Waals surface area contributed by atoms with Crippen LogP contribution >= 0.6 is 0 Å². The highest BCUT2D eigenvalue weighted by atomic mass is 16.5. The fourth-order valence-electron chi connectivity index (χ4n) is 3.44. The zero-order chi connectivity index (χ0) is 16.9. The topological polar surface area (TPSA) is 64.1 Å². The van der Waals surface area contributed by atoms with E-state index >= 15 is 0 Å². The average molecular weight is 333 g/mol. The third-order valence-electron chi connectivity index (χ3n) is 4.64. The van der Waals surface area contributed by atoms with E-state index in [9.17, 15) is 0 Å². The Morgan fingerprint density at radius 2 is 2.21 bits per heavy atom. The maximum absolute atomic E-state index is 5.88. The first-order valence-electron chi connectivity index (χ1n) is 8.65. The van der Waals surface area contributed by atoms with E-state index in [4.69, 9.17) is 14.2 Å². The number of hydrogen-bond donors (Lipinski definition) is 2. The van der Waals surface area contributed by atoms with Crippen molar-refractivity contribution in [3.8, 4) is 11.5 Å². The minimum absolute atomic E-state index is 0.333. The number of benzene rings is 1. The lowest BCUT2D eigenvalue weighted by Crippen LogP contribution is -2.47. The second-order valence-corrected chi connectivity index (χ2v) is 6.20. The van der Waals surface area contributed by atoms with Gasteiger partial charge in [0, 0.05) is 13.6 Å². The SMILES string of the molecule is CCOc1ccc(CNC(=NC)NC2CC3CCC2O3)cc1OC. The largest absolute Gasteiger partial charge is 0.493 e. The van der Waals surface area contributed by atoms with Gasteiger partial charge in [-0.2, -0.15) is 0 Å². The molecule has 6 heteroatoms. The van der Waals surface area contributed by atoms with Crippen LogP contribution in [0.1, 0.15) is 31.7 Å². The van der Waals surface area contributed by atoms with E-state index in [0.29, 0.717) is 31.4 Å². The van der Waals surface area contributed by atoms with Crippen molar-refractivity contribution in [1.82, 2.24) is 10.6 Å². The number of rotatable bonds is 6. The summed E-state index contributed by atoms with van der Waals surface area (Å²) >= 11 is 0. The standard InChI is InChI=1S/C18H27N3O3/c1-4-23-16-7-5-12(9-17(16)22-3)11-20-18(19-2)21-14-10-13-6-8-15(14)24-13/h5,7,9,13-15H,4,6,8,10-11H2,1-3H3,(H2,19,20,21). The van der Waals surface area contributed by atoms with Gasteiger partial charge in [0.25, 0.3) is 0 Å². The van der Waals surface area contributed by atoms with Crippen molar-refractivity contribution >= 4 is 5.96 Å². The summed E-state index contributed by atoms with van der Waals surface area (Å²) in [6.07, 6.45) is 4.18. The molecule has 2 saturated heterocycles. The van der Waals surface area contributed by atoms with Gasteiger partial charge in [0.05, 0.1) is 32.0 Å². The van der Waals surface area contributed by atoms with Gasteiger partial charge >= 0.3 is 0 Å². The summed E-state index contributed by atoms with van der Waals surface area (Å²) in [7, 11) is 3.45. The van der Waals surface area contributed by atoms with Crippen LogP contribution < -0.4 is 20.1 Å². The molecular formula is C18H27N3O3. The zero-order valence-corrected chi connectivity index (χ0v) is 14.7. The summed E-state index contributed by atoms with van der Waals surface area (Å²) in [6, 6.07) is 6.34. The Bertz CT molecular complexity index is 591. The van der Waals surface area contributed by atoms with Gasteiger partial charge in [0.15, 0.2) is 17.5 Å². The Balaban J connectivity index is 1.55. The van der Waals surface area contributed by atoms with Crippen LogP contribution in [0.3, 0.4) is 0 Å². The van der Waals surface area contributed by atoms with Gasteiger partial charge < -0.3 is 24.8 Å². The molecule has 0 aromatic heterocycles. The fraction of sp³-hybridized carbons (Fsp3) is 0.611. The first-order chi connectivity index (χ1) is 11.7. The number of guanidine groups is 1. The summed E-state index contributed by atoms with van der Waals surface area (Å²) in [6.45, 7) is 3.25. The molecule has 2 N–H and O–H groups in total. The van der Waals surface area contributed by atoms with E-state index in [1.807, 2.05) is 25.1 Å². The highest BCUT2D eigenvalue weighted by Gasteiger charge is 2.41. The highest BCUT2D eigenvalue weighted by molar-refractivity contribution is 5.80. The molecule has 2 bridgehead atoms. The van der Waals surface area contributed by atoms with Crippen molar-refractivity contribution in [3.05, 3.63) is 23.8 Å². The van der Waals surface area contributed by atoms with Gasteiger partial charge in [-0.15, -0.1) is 0 Å². The maximum atomic E-state index is 5.88. The van der Waals surface area contributed by atoms with Crippen LogP contribution in [-0.4, -0.2) is 45.0 Å². The third-order valence-corrected chi connectivity index (χ3v) is 4.64. The molecule has 2 aliphatic heterocycles. The predicted molar refractivity (Wildman–Crippen MR) is 93.8 cm³/mol. The van der Waals surface area contributed by atoms with Crippen molar-refractivity contribution in [1.29, 1.82) is 0 Å². The zero-order valence-electron chi connectivity index (χ0n) is 14.7. The van der Waals surface area contributed by atoms with E-state index in [1.165, 1.54) is 6.42 Å². The third kappa shape index (κ3) is 3.75. The lowest BCUT2D eigenvalue weighted by molar-refractivity contribution is 0.0992. The molecule has 3 unspecified atom stereocenters. The smallest absolute Gasteiger partial charge is 0.191 e. The van der Waals surface area contributed by atoms with Gasteiger partial charge in [-0.05, 0) is 43.9 Å². The molecule has 6 nitrogen and oxygen atoms in total. The molecule has 24 heavy (non-hydrogen) atoms. The first kappa shape index (κ1) is 16.9. The second-order valence-electron chi connectivity index (χ2n) is 6.20. The molecular weight excluding hydrogens is 306 g/mol. The molecule has 132 valence electrons. The summed E-state index contributed by atoms with van der Waals surface area (Å²) in [5.41, 5.74) is 1.11. The fourth-order valence-corrected chi connectivity index (χ4v) is 3.44. The quantitative estimate of drug-likeness (QED) is 0.616. The average Bonchev–Trinajstić information content (AvgIpc) is 3.22. The summed E-state index contributed by atoms with van der Waals surface area (Å²) in [5.74, 6) is 2.33. The second kappa shape index (κ2) is 7.75. The van der Waals surface area contributed by atoms with Crippen LogP contribution in [0.2, 0.25) is 0 Å². The van der Waals surface area contributed by atoms with Crippen molar-refractivity contribution in [2.24, 2.45) is 4.99 Å². The van der Waals surface area contributed by atoms with E-state index in [-0.39, 0.29) is 0 Å². The molecule has 1 aromatic carbocycles. The van der Waals surface area contributed by atoms with Gasteiger partial charge in [-0.1, -0.05) is 6.07 Å². The highest BCUT2D eigenvalue weighted by Crippen LogP contribution is 2.34. The van der Waals surface area contributed by atoms with Crippen LogP contribution in [0.5, 0.6) is 11.5 Å². The van der Waals surface area contributed by atoms with Crippen LogP contribution in [0.15, 0.2) is 23.2 Å². The molecule has 2 aliphatic rings. The Morgan fingerprint density at radius 3 is 2.83 bits per heavy atom. The number of nitrogens with zero attached hydrogens (tertiary/aromatic N) is 1. The summed E-state index contributed by atoms with van der Waals surface area (Å²) < 4.78 is 16.8. The molecule has 3 rings (SSSR count). The van der Waals surface area contributed by atoms with Gasteiger partial charge in [-0.3, -0.25) is 4.99 Å². The summed E-state index contributed by atoms with van der Waals surface area (Å²) in [4.78, 5) is 4.32. The molecule has 0 spiro atoms. The van der Waals surface area contributed by atoms with Gasteiger partial charge in [0.2, 0.25) is 0 Å². The summed E-state index contributed by atoms with van der Waals surface area (Å²) in [5, 5.41) is 6.85. The van der Waals surface area contributed by atoms with Crippen LogP contribution in [0, 0.1) is 0 Å². The van der Waals surface area contributed by atoms with Crippen molar-refractivity contribution in [2.45, 2.75) is 51.0 Å². The van der Waals surface area contributed by atoms with Gasteiger partial charge in [-0.25, -0.2) is 0 Å². The van der Waals surface area contributed by atoms with Crippen LogP contribution in [-0.2, 0) is 11.3 Å². The Labute approximate surface area is 143 Å². The maximum Gasteiger partial charge on any atom is 0.191 e. The van der Waals surface area contributed by atoms with Crippen molar-refractivity contribution in [3.63, 3.8) is 0 Å². The van der Waals surface area contributed by atoms with Gasteiger partial charge in [0.1, 0.15) is 0 Å². The minimum atomic E-state index is 0.333. The Hall–Kier alpha value is -1.95. The monoisotopic (exact) mass is 333 g/mol. The minimum Gasteiger partial charge on any atom is -0.493 e. The van der Waals surface area contributed by atoms with Crippen LogP contribution in [0.25, 0.3) is 0 Å². The predicted octanol–water partition coefficient (Wildman–Crippen LogP) is 2.08. The molecule has 2 fully saturated rings. The first-order valence-corrected chi connectivity index (χ1v) is 8.65. The molecule has 3 atom stereocenters. The van der Waals surface area contributed by atoms with Crippen molar-refractivity contribution < 1.29 is 14.2 Å². The number of nitrogens with one attached hydrogen (secondary N) is 2. The molecule has 0 saturated carbocycles. The Kier molecular flexibility index (Phi) is 5.45. The van der Waals surface area contributed by atoms with E-state index in [1.54, 1.807) is 14.2 Å². The number of ether oxygens (including phenoxy) is 3. The molecule has 0 radical (unpaired) electrons. The number of methoxy groups -OCH3 is 1. The number of hydrogen-bond acceptors (Lipinski definition) is 4. The van der Waals surface area contributed by atoms with E-state index in [2.05, 4.69) is 15.6 Å². The lowest BCUT2D eigenvalue weighted by Gasteiger charge is -2.22. The molecule has 0 aliphatic carbocycles. The lowest BCUT2D eigenvalue weighted by atomic mass is 9.96. The number of fused-ring (bicyclic) bond motifs is 2. The van der Waals surface area contributed by atoms with E-state index in [0.717, 1.165) is 35.9 Å². The number of aliphatic imine (C=N–C) groups is 1. The normalized spacial score (nSPS) is 25.6. The molecule has 2 heterocycles.